The third-order valence-corrected chi connectivity index (χ3v) is 4.34. The summed E-state index contributed by atoms with van der Waals surface area (Å²) in [7, 11) is 0. The Hall–Kier alpha value is -1.16. The maximum absolute atomic E-state index is 10.1. The largest absolute Gasteiger partial charge is 0.387 e. The molecule has 102 valence electrons. The predicted molar refractivity (Wildman–Crippen MR) is 81.6 cm³/mol. The van der Waals surface area contributed by atoms with Gasteiger partial charge >= 0.3 is 0 Å². The Bertz CT molecular complexity index is 469. The molecule has 19 heavy (non-hydrogen) atoms. The van der Waals surface area contributed by atoms with Gasteiger partial charge in [0.05, 0.1) is 6.10 Å². The van der Waals surface area contributed by atoms with Crippen molar-refractivity contribution in [3.8, 4) is 0 Å². The van der Waals surface area contributed by atoms with Gasteiger partial charge in [0, 0.05) is 12.6 Å². The van der Waals surface area contributed by atoms with E-state index in [2.05, 4.69) is 43.4 Å². The first kappa shape index (κ1) is 14.3. The molecule has 0 aliphatic rings. The summed E-state index contributed by atoms with van der Waals surface area (Å²) < 4.78 is 0. The lowest BCUT2D eigenvalue weighted by Crippen LogP contribution is -2.34. The second kappa shape index (κ2) is 6.85. The fourth-order valence-electron chi connectivity index (χ4n) is 2.10. The monoisotopic (exact) mass is 275 g/mol. The minimum absolute atomic E-state index is 0.329. The number of hydrogen-bond acceptors (Lipinski definition) is 3. The Balaban J connectivity index is 1.86. The Labute approximate surface area is 119 Å². The molecule has 0 aliphatic heterocycles. The number of aliphatic hydroxyl groups is 1. The lowest BCUT2D eigenvalue weighted by molar-refractivity contribution is 0.169. The Morgan fingerprint density at radius 1 is 1.11 bits per heavy atom. The molecule has 3 heteroatoms. The van der Waals surface area contributed by atoms with Gasteiger partial charge in [-0.1, -0.05) is 37.3 Å². The molecule has 1 aromatic heterocycles. The highest BCUT2D eigenvalue weighted by Crippen LogP contribution is 2.20. The topological polar surface area (TPSA) is 32.3 Å². The second-order valence-electron chi connectivity index (χ2n) is 4.97. The van der Waals surface area contributed by atoms with E-state index in [1.165, 1.54) is 5.56 Å². The minimum Gasteiger partial charge on any atom is -0.387 e. The first-order valence-corrected chi connectivity index (χ1v) is 7.61. The van der Waals surface area contributed by atoms with Gasteiger partial charge in [0.15, 0.2) is 0 Å². The number of thiophene rings is 1. The molecule has 0 radical (unpaired) electrons. The molecule has 0 spiro atoms. The molecule has 3 unspecified atom stereocenters. The van der Waals surface area contributed by atoms with Crippen LogP contribution in [0.4, 0.5) is 0 Å². The van der Waals surface area contributed by atoms with Crippen LogP contribution >= 0.6 is 11.3 Å². The fourth-order valence-corrected chi connectivity index (χ4v) is 2.81. The van der Waals surface area contributed by atoms with Gasteiger partial charge < -0.3 is 10.4 Å². The predicted octanol–water partition coefficient (Wildman–Crippen LogP) is 3.56. The van der Waals surface area contributed by atoms with Crippen LogP contribution in [0.5, 0.6) is 0 Å². The average molecular weight is 275 g/mol. The van der Waals surface area contributed by atoms with Gasteiger partial charge in [-0.2, -0.15) is 11.3 Å². The SMILES string of the molecule is CC(NCC(O)c1ccsc1)C(C)c1ccccc1. The lowest BCUT2D eigenvalue weighted by Gasteiger charge is -2.23. The molecule has 0 amide bonds. The molecule has 2 nitrogen and oxygen atoms in total. The van der Waals surface area contributed by atoms with E-state index in [0.29, 0.717) is 18.5 Å². The van der Waals surface area contributed by atoms with E-state index < -0.39 is 6.10 Å². The molecular weight excluding hydrogens is 254 g/mol. The van der Waals surface area contributed by atoms with Gasteiger partial charge in [-0.05, 0) is 40.8 Å². The van der Waals surface area contributed by atoms with Crippen LogP contribution in [0.3, 0.4) is 0 Å². The van der Waals surface area contributed by atoms with Crippen LogP contribution in [0.1, 0.15) is 37.0 Å². The van der Waals surface area contributed by atoms with Crippen molar-refractivity contribution in [2.24, 2.45) is 0 Å². The molecule has 2 aromatic rings. The third-order valence-electron chi connectivity index (χ3n) is 3.64. The molecule has 0 saturated carbocycles. The van der Waals surface area contributed by atoms with Crippen molar-refractivity contribution >= 4 is 11.3 Å². The standard InChI is InChI=1S/C16H21NOS/c1-12(14-6-4-3-5-7-14)13(2)17-10-16(18)15-8-9-19-11-15/h3-9,11-13,16-18H,10H2,1-2H3. The summed E-state index contributed by atoms with van der Waals surface area (Å²) in [5.74, 6) is 0.427. The summed E-state index contributed by atoms with van der Waals surface area (Å²) in [4.78, 5) is 0. The van der Waals surface area contributed by atoms with Crippen molar-refractivity contribution in [2.75, 3.05) is 6.54 Å². The highest BCUT2D eigenvalue weighted by molar-refractivity contribution is 7.07. The molecule has 0 saturated heterocycles. The smallest absolute Gasteiger partial charge is 0.0922 e. The maximum atomic E-state index is 10.1. The van der Waals surface area contributed by atoms with Crippen LogP contribution in [-0.4, -0.2) is 17.7 Å². The van der Waals surface area contributed by atoms with Crippen LogP contribution in [0.2, 0.25) is 0 Å². The van der Waals surface area contributed by atoms with Crippen LogP contribution in [-0.2, 0) is 0 Å². The molecule has 2 rings (SSSR count). The van der Waals surface area contributed by atoms with Gasteiger partial charge in [0.1, 0.15) is 0 Å². The van der Waals surface area contributed by atoms with E-state index in [1.807, 2.05) is 22.9 Å². The Morgan fingerprint density at radius 2 is 1.84 bits per heavy atom. The molecule has 1 aromatic carbocycles. The number of benzene rings is 1. The summed E-state index contributed by atoms with van der Waals surface area (Å²) in [6.07, 6.45) is -0.420. The van der Waals surface area contributed by atoms with Crippen molar-refractivity contribution < 1.29 is 5.11 Å². The summed E-state index contributed by atoms with van der Waals surface area (Å²) in [6, 6.07) is 12.8. The van der Waals surface area contributed by atoms with Crippen molar-refractivity contribution in [3.05, 3.63) is 58.3 Å². The number of nitrogens with one attached hydrogen (secondary N) is 1. The molecular formula is C16H21NOS. The zero-order valence-corrected chi connectivity index (χ0v) is 12.2. The molecule has 1 heterocycles. The number of aliphatic hydroxyl groups excluding tert-OH is 1. The van der Waals surface area contributed by atoms with E-state index in [9.17, 15) is 5.11 Å². The Kier molecular flexibility index (Phi) is 5.14. The van der Waals surface area contributed by atoms with Crippen molar-refractivity contribution in [1.29, 1.82) is 0 Å². The van der Waals surface area contributed by atoms with Crippen LogP contribution in [0.15, 0.2) is 47.2 Å². The van der Waals surface area contributed by atoms with Crippen LogP contribution in [0.25, 0.3) is 0 Å². The highest BCUT2D eigenvalue weighted by Gasteiger charge is 2.15. The summed E-state index contributed by atoms with van der Waals surface area (Å²) in [6.45, 7) is 4.97. The highest BCUT2D eigenvalue weighted by atomic mass is 32.1. The summed E-state index contributed by atoms with van der Waals surface area (Å²) in [5, 5.41) is 17.5. The van der Waals surface area contributed by atoms with Gasteiger partial charge in [0.2, 0.25) is 0 Å². The summed E-state index contributed by atoms with van der Waals surface area (Å²) in [5.41, 5.74) is 2.32. The fraction of sp³-hybridized carbons (Fsp3) is 0.375. The van der Waals surface area contributed by atoms with E-state index >= 15 is 0 Å². The Morgan fingerprint density at radius 3 is 2.47 bits per heavy atom. The van der Waals surface area contributed by atoms with Crippen molar-refractivity contribution in [3.63, 3.8) is 0 Å². The molecule has 3 atom stereocenters. The van der Waals surface area contributed by atoms with Crippen molar-refractivity contribution in [1.82, 2.24) is 5.32 Å². The summed E-state index contributed by atoms with van der Waals surface area (Å²) >= 11 is 1.62. The van der Waals surface area contributed by atoms with Gasteiger partial charge in [0.25, 0.3) is 0 Å². The quantitative estimate of drug-likeness (QED) is 0.845. The van der Waals surface area contributed by atoms with E-state index in [-0.39, 0.29) is 0 Å². The second-order valence-corrected chi connectivity index (χ2v) is 5.75. The van der Waals surface area contributed by atoms with E-state index in [0.717, 1.165) is 5.56 Å². The van der Waals surface area contributed by atoms with Crippen LogP contribution in [0, 0.1) is 0 Å². The first-order valence-electron chi connectivity index (χ1n) is 6.67. The maximum Gasteiger partial charge on any atom is 0.0922 e. The molecule has 0 bridgehead atoms. The van der Waals surface area contributed by atoms with Crippen molar-refractivity contribution in [2.45, 2.75) is 31.9 Å². The van der Waals surface area contributed by atoms with Gasteiger partial charge in [-0.15, -0.1) is 0 Å². The first-order chi connectivity index (χ1) is 9.18. The molecule has 2 N–H and O–H groups in total. The average Bonchev–Trinajstić information content (AvgIpc) is 2.98. The normalized spacial score (nSPS) is 15.9. The van der Waals surface area contributed by atoms with Crippen LogP contribution < -0.4 is 5.32 Å². The van der Waals surface area contributed by atoms with E-state index in [4.69, 9.17) is 0 Å². The number of hydrogen-bond donors (Lipinski definition) is 2. The van der Waals surface area contributed by atoms with Gasteiger partial charge in [-0.25, -0.2) is 0 Å². The molecule has 0 fully saturated rings. The zero-order valence-electron chi connectivity index (χ0n) is 11.4. The zero-order chi connectivity index (χ0) is 13.7. The molecule has 0 aliphatic carbocycles. The number of rotatable bonds is 6. The van der Waals surface area contributed by atoms with Gasteiger partial charge in [-0.3, -0.25) is 0 Å². The van der Waals surface area contributed by atoms with E-state index in [1.54, 1.807) is 11.3 Å². The third kappa shape index (κ3) is 3.90. The minimum atomic E-state index is -0.420. The lowest BCUT2D eigenvalue weighted by atomic mass is 9.94.